The van der Waals surface area contributed by atoms with Gasteiger partial charge in [0, 0.05) is 29.2 Å². The van der Waals surface area contributed by atoms with Crippen LogP contribution in [-0.4, -0.2) is 51.0 Å². The van der Waals surface area contributed by atoms with Crippen molar-refractivity contribution in [2.75, 3.05) is 26.3 Å². The van der Waals surface area contributed by atoms with E-state index in [2.05, 4.69) is 28.2 Å². The lowest BCUT2D eigenvalue weighted by Gasteiger charge is -2.26. The second kappa shape index (κ2) is 8.42. The van der Waals surface area contributed by atoms with Gasteiger partial charge in [-0.3, -0.25) is 4.79 Å². The number of hydrogen-bond acceptors (Lipinski definition) is 4. The van der Waals surface area contributed by atoms with Gasteiger partial charge in [-0.15, -0.1) is 0 Å². The molecule has 1 saturated heterocycles. The molecule has 2 rings (SSSR count). The summed E-state index contributed by atoms with van der Waals surface area (Å²) in [5, 5.41) is 2.89. The first kappa shape index (κ1) is 19.4. The summed E-state index contributed by atoms with van der Waals surface area (Å²) >= 11 is 3.29. The first-order valence-corrected chi connectivity index (χ1v) is 10.3. The number of nitrogens with zero attached hydrogens (tertiary/aromatic N) is 1. The minimum Gasteiger partial charge on any atom is -0.379 e. The molecule has 0 aliphatic carbocycles. The van der Waals surface area contributed by atoms with Crippen LogP contribution >= 0.6 is 15.9 Å². The number of sulfonamides is 1. The van der Waals surface area contributed by atoms with Gasteiger partial charge in [-0.25, -0.2) is 8.42 Å². The molecule has 1 heterocycles. The van der Waals surface area contributed by atoms with Crippen LogP contribution in [-0.2, 0) is 14.8 Å². The third-order valence-corrected chi connectivity index (χ3v) is 6.77. The maximum absolute atomic E-state index is 12.8. The zero-order valence-electron chi connectivity index (χ0n) is 13.9. The Morgan fingerprint density at radius 3 is 2.67 bits per heavy atom. The SMILES string of the molecule is CCC[C@H](C)NC(=O)c1ccc(Br)c(S(=O)(=O)N2CCOCC2)c1. The first-order valence-electron chi connectivity index (χ1n) is 8.04. The van der Waals surface area contributed by atoms with Crippen LogP contribution in [0.2, 0.25) is 0 Å². The lowest BCUT2D eigenvalue weighted by molar-refractivity contribution is 0.0730. The summed E-state index contributed by atoms with van der Waals surface area (Å²) in [6.07, 6.45) is 1.85. The van der Waals surface area contributed by atoms with Crippen LogP contribution in [0.5, 0.6) is 0 Å². The summed E-state index contributed by atoms with van der Waals surface area (Å²) in [6.45, 7) is 5.38. The van der Waals surface area contributed by atoms with Gasteiger partial charge in [-0.2, -0.15) is 4.31 Å². The molecule has 0 radical (unpaired) electrons. The number of carbonyl (C=O) groups is 1. The average molecular weight is 419 g/mol. The maximum atomic E-state index is 12.8. The highest BCUT2D eigenvalue weighted by Crippen LogP contribution is 2.27. The minimum absolute atomic E-state index is 0.0467. The molecule has 1 N–H and O–H groups in total. The quantitative estimate of drug-likeness (QED) is 0.769. The zero-order chi connectivity index (χ0) is 17.7. The number of carbonyl (C=O) groups excluding carboxylic acids is 1. The highest BCUT2D eigenvalue weighted by atomic mass is 79.9. The lowest BCUT2D eigenvalue weighted by Crippen LogP contribution is -2.40. The second-order valence-electron chi connectivity index (χ2n) is 5.82. The van der Waals surface area contributed by atoms with Crippen molar-refractivity contribution in [1.82, 2.24) is 9.62 Å². The van der Waals surface area contributed by atoms with E-state index in [1.165, 1.54) is 10.4 Å². The average Bonchev–Trinajstić information content (AvgIpc) is 2.56. The molecule has 1 aliphatic rings. The lowest BCUT2D eigenvalue weighted by atomic mass is 10.1. The predicted molar refractivity (Wildman–Crippen MR) is 95.6 cm³/mol. The molecular formula is C16H23BrN2O4S. The van der Waals surface area contributed by atoms with Crippen molar-refractivity contribution in [1.29, 1.82) is 0 Å². The number of morpholine rings is 1. The molecule has 0 unspecified atom stereocenters. The number of nitrogens with one attached hydrogen (secondary N) is 1. The van der Waals surface area contributed by atoms with Gasteiger partial charge in [0.15, 0.2) is 0 Å². The summed E-state index contributed by atoms with van der Waals surface area (Å²) in [7, 11) is -3.66. The third-order valence-electron chi connectivity index (χ3n) is 3.88. The highest BCUT2D eigenvalue weighted by Gasteiger charge is 2.29. The van der Waals surface area contributed by atoms with Crippen molar-refractivity contribution in [2.24, 2.45) is 0 Å². The fraction of sp³-hybridized carbons (Fsp3) is 0.562. The Hall–Kier alpha value is -0.960. The maximum Gasteiger partial charge on any atom is 0.251 e. The van der Waals surface area contributed by atoms with Crippen LogP contribution in [0, 0.1) is 0 Å². The van der Waals surface area contributed by atoms with Crippen LogP contribution in [0.4, 0.5) is 0 Å². The monoisotopic (exact) mass is 418 g/mol. The number of halogens is 1. The van der Waals surface area contributed by atoms with E-state index in [1.807, 2.05) is 6.92 Å². The summed E-state index contributed by atoms with van der Waals surface area (Å²) < 4.78 is 32.7. The normalized spacial score (nSPS) is 17.5. The van der Waals surface area contributed by atoms with Gasteiger partial charge in [-0.05, 0) is 47.5 Å². The summed E-state index contributed by atoms with van der Waals surface area (Å²) in [5.74, 6) is -0.262. The summed E-state index contributed by atoms with van der Waals surface area (Å²) in [6, 6.07) is 4.71. The number of hydrogen-bond donors (Lipinski definition) is 1. The Morgan fingerprint density at radius 2 is 2.04 bits per heavy atom. The standard InChI is InChI=1S/C16H23BrN2O4S/c1-3-4-12(2)18-16(20)13-5-6-14(17)15(11-13)24(21,22)19-7-9-23-10-8-19/h5-6,11-12H,3-4,7-10H2,1-2H3,(H,18,20)/t12-/m0/s1. The molecule has 0 aromatic heterocycles. The van der Waals surface area contributed by atoms with Crippen molar-refractivity contribution in [3.05, 3.63) is 28.2 Å². The fourth-order valence-corrected chi connectivity index (χ4v) is 4.94. The van der Waals surface area contributed by atoms with Crippen LogP contribution in [0.15, 0.2) is 27.6 Å². The molecule has 1 aliphatic heterocycles. The fourth-order valence-electron chi connectivity index (χ4n) is 2.58. The minimum atomic E-state index is -3.66. The van der Waals surface area contributed by atoms with Crippen LogP contribution in [0.25, 0.3) is 0 Å². The Bertz CT molecular complexity index is 687. The summed E-state index contributed by atoms with van der Waals surface area (Å²) in [5.41, 5.74) is 0.341. The molecule has 1 amide bonds. The molecule has 0 bridgehead atoms. The Morgan fingerprint density at radius 1 is 1.38 bits per heavy atom. The largest absolute Gasteiger partial charge is 0.379 e. The van der Waals surface area contributed by atoms with Gasteiger partial charge in [0.05, 0.1) is 18.1 Å². The molecule has 6 nitrogen and oxygen atoms in total. The van der Waals surface area contributed by atoms with Crippen LogP contribution < -0.4 is 5.32 Å². The Labute approximate surface area is 151 Å². The van der Waals surface area contributed by atoms with E-state index in [-0.39, 0.29) is 16.8 Å². The molecule has 134 valence electrons. The van der Waals surface area contributed by atoms with Crippen molar-refractivity contribution >= 4 is 31.9 Å². The van der Waals surface area contributed by atoms with Crippen molar-refractivity contribution in [2.45, 2.75) is 37.6 Å². The van der Waals surface area contributed by atoms with E-state index in [0.717, 1.165) is 12.8 Å². The van der Waals surface area contributed by atoms with E-state index in [4.69, 9.17) is 4.74 Å². The van der Waals surface area contributed by atoms with Gasteiger partial charge < -0.3 is 10.1 Å². The molecule has 1 aromatic carbocycles. The molecule has 1 aromatic rings. The van der Waals surface area contributed by atoms with Gasteiger partial charge >= 0.3 is 0 Å². The van der Waals surface area contributed by atoms with Crippen molar-refractivity contribution in [3.63, 3.8) is 0 Å². The van der Waals surface area contributed by atoms with E-state index in [0.29, 0.717) is 36.3 Å². The number of amides is 1. The predicted octanol–water partition coefficient (Wildman–Crippen LogP) is 2.39. The molecule has 1 atom stereocenters. The van der Waals surface area contributed by atoms with E-state index < -0.39 is 10.0 Å². The van der Waals surface area contributed by atoms with Crippen molar-refractivity contribution in [3.8, 4) is 0 Å². The second-order valence-corrected chi connectivity index (χ2v) is 8.59. The molecule has 0 spiro atoms. The van der Waals surface area contributed by atoms with Gasteiger partial charge in [0.1, 0.15) is 0 Å². The van der Waals surface area contributed by atoms with Gasteiger partial charge in [0.2, 0.25) is 10.0 Å². The number of benzene rings is 1. The Balaban J connectivity index is 2.26. The highest BCUT2D eigenvalue weighted by molar-refractivity contribution is 9.10. The number of rotatable bonds is 6. The van der Waals surface area contributed by atoms with Crippen molar-refractivity contribution < 1.29 is 17.9 Å². The van der Waals surface area contributed by atoms with Gasteiger partial charge in [0.25, 0.3) is 5.91 Å². The van der Waals surface area contributed by atoms with Crippen LogP contribution in [0.3, 0.4) is 0 Å². The molecule has 1 fully saturated rings. The first-order chi connectivity index (χ1) is 11.4. The molecule has 0 saturated carbocycles. The van der Waals surface area contributed by atoms with Gasteiger partial charge in [-0.1, -0.05) is 13.3 Å². The molecule has 8 heteroatoms. The third kappa shape index (κ3) is 4.56. The van der Waals surface area contributed by atoms with E-state index in [9.17, 15) is 13.2 Å². The van der Waals surface area contributed by atoms with E-state index >= 15 is 0 Å². The zero-order valence-corrected chi connectivity index (χ0v) is 16.3. The summed E-state index contributed by atoms with van der Waals surface area (Å²) in [4.78, 5) is 12.5. The molecule has 24 heavy (non-hydrogen) atoms. The molecular weight excluding hydrogens is 396 g/mol. The smallest absolute Gasteiger partial charge is 0.251 e. The number of ether oxygens (including phenoxy) is 1. The van der Waals surface area contributed by atoms with Crippen LogP contribution in [0.1, 0.15) is 37.0 Å². The Kier molecular flexibility index (Phi) is 6.79. The van der Waals surface area contributed by atoms with E-state index in [1.54, 1.807) is 12.1 Å². The topological polar surface area (TPSA) is 75.7 Å².